The summed E-state index contributed by atoms with van der Waals surface area (Å²) in [6.07, 6.45) is 6.73. The zero-order chi connectivity index (χ0) is 14.5. The number of anilines is 1. The third-order valence-electron chi connectivity index (χ3n) is 4.88. The van der Waals surface area contributed by atoms with Gasteiger partial charge in [0.1, 0.15) is 0 Å². The summed E-state index contributed by atoms with van der Waals surface area (Å²) in [6.45, 7) is 5.89. The predicted molar refractivity (Wildman–Crippen MR) is 89.9 cm³/mol. The Hall–Kier alpha value is -1.06. The highest BCUT2D eigenvalue weighted by Gasteiger charge is 2.16. The van der Waals surface area contributed by atoms with Crippen molar-refractivity contribution >= 4 is 5.69 Å². The Balaban J connectivity index is 1.49. The van der Waals surface area contributed by atoms with E-state index < -0.39 is 0 Å². The molecule has 2 aliphatic heterocycles. The van der Waals surface area contributed by atoms with Crippen molar-refractivity contribution in [1.82, 2.24) is 10.2 Å². The molecular weight excluding hydrogens is 258 g/mol. The maximum absolute atomic E-state index is 3.71. The first-order chi connectivity index (χ1) is 10.3. The van der Waals surface area contributed by atoms with Crippen LogP contribution in [0.2, 0.25) is 0 Å². The van der Waals surface area contributed by atoms with Gasteiger partial charge in [-0.1, -0.05) is 12.1 Å². The van der Waals surface area contributed by atoms with E-state index in [1.54, 1.807) is 0 Å². The van der Waals surface area contributed by atoms with Gasteiger partial charge in [0.15, 0.2) is 0 Å². The first kappa shape index (κ1) is 14.9. The summed E-state index contributed by atoms with van der Waals surface area (Å²) in [7, 11) is 2.22. The molecule has 21 heavy (non-hydrogen) atoms. The average molecular weight is 287 g/mol. The van der Waals surface area contributed by atoms with Gasteiger partial charge >= 0.3 is 0 Å². The molecule has 1 aromatic carbocycles. The van der Waals surface area contributed by atoms with Crippen molar-refractivity contribution in [2.45, 2.75) is 44.7 Å². The highest BCUT2D eigenvalue weighted by Crippen LogP contribution is 2.20. The summed E-state index contributed by atoms with van der Waals surface area (Å²) in [5.74, 6) is 0. The molecule has 3 heteroatoms. The third-order valence-corrected chi connectivity index (χ3v) is 4.88. The number of nitrogens with zero attached hydrogens (tertiary/aromatic N) is 2. The molecular formula is C18H29N3. The van der Waals surface area contributed by atoms with Gasteiger partial charge in [0, 0.05) is 37.9 Å². The normalized spacial score (nSPS) is 24.2. The van der Waals surface area contributed by atoms with Gasteiger partial charge in [0.05, 0.1) is 0 Å². The molecule has 1 aromatic rings. The topological polar surface area (TPSA) is 18.5 Å². The van der Waals surface area contributed by atoms with Crippen LogP contribution in [0, 0.1) is 0 Å². The zero-order valence-corrected chi connectivity index (χ0v) is 13.4. The minimum Gasteiger partial charge on any atom is -0.372 e. The molecule has 2 fully saturated rings. The molecule has 1 unspecified atom stereocenters. The minimum atomic E-state index is 0.658. The highest BCUT2D eigenvalue weighted by molar-refractivity contribution is 5.47. The van der Waals surface area contributed by atoms with Crippen LogP contribution in [-0.2, 0) is 6.54 Å². The largest absolute Gasteiger partial charge is 0.372 e. The van der Waals surface area contributed by atoms with E-state index in [0.717, 1.165) is 6.54 Å². The van der Waals surface area contributed by atoms with Gasteiger partial charge in [0.2, 0.25) is 0 Å². The lowest BCUT2D eigenvalue weighted by Gasteiger charge is -2.30. The Morgan fingerprint density at radius 3 is 2.48 bits per heavy atom. The molecule has 3 nitrogen and oxygen atoms in total. The number of benzene rings is 1. The second-order valence-corrected chi connectivity index (χ2v) is 6.70. The summed E-state index contributed by atoms with van der Waals surface area (Å²) in [4.78, 5) is 4.96. The maximum atomic E-state index is 3.71. The van der Waals surface area contributed by atoms with E-state index in [0.29, 0.717) is 6.04 Å². The van der Waals surface area contributed by atoms with Crippen molar-refractivity contribution in [2.24, 2.45) is 0 Å². The summed E-state index contributed by atoms with van der Waals surface area (Å²) in [5.41, 5.74) is 2.81. The van der Waals surface area contributed by atoms with Gasteiger partial charge in [0.25, 0.3) is 0 Å². The van der Waals surface area contributed by atoms with Gasteiger partial charge in [-0.15, -0.1) is 0 Å². The Bertz CT molecular complexity index is 423. The predicted octanol–water partition coefficient (Wildman–Crippen LogP) is 2.86. The molecule has 0 saturated carbocycles. The molecule has 0 aromatic heterocycles. The van der Waals surface area contributed by atoms with Crippen molar-refractivity contribution in [3.8, 4) is 0 Å². The smallest absolute Gasteiger partial charge is 0.0366 e. The zero-order valence-electron chi connectivity index (χ0n) is 13.4. The summed E-state index contributed by atoms with van der Waals surface area (Å²) in [6, 6.07) is 9.85. The number of hydrogen-bond donors (Lipinski definition) is 1. The molecule has 2 aliphatic rings. The van der Waals surface area contributed by atoms with Crippen molar-refractivity contribution in [3.05, 3.63) is 29.8 Å². The summed E-state index contributed by atoms with van der Waals surface area (Å²) < 4.78 is 0. The Morgan fingerprint density at radius 1 is 1.00 bits per heavy atom. The molecule has 0 radical (unpaired) electrons. The molecule has 2 heterocycles. The third kappa shape index (κ3) is 4.21. The maximum Gasteiger partial charge on any atom is 0.0366 e. The van der Waals surface area contributed by atoms with Gasteiger partial charge in [-0.05, 0) is 63.4 Å². The number of likely N-dealkylation sites (N-methyl/N-ethyl adjacent to an activating group) is 1. The summed E-state index contributed by atoms with van der Waals surface area (Å²) in [5, 5.41) is 3.71. The van der Waals surface area contributed by atoms with Crippen LogP contribution in [0.1, 0.15) is 37.7 Å². The first-order valence-corrected chi connectivity index (χ1v) is 8.57. The lowest BCUT2D eigenvalue weighted by atomic mass is 10.1. The van der Waals surface area contributed by atoms with Gasteiger partial charge in [-0.3, -0.25) is 0 Å². The molecule has 0 bridgehead atoms. The van der Waals surface area contributed by atoms with E-state index in [4.69, 9.17) is 0 Å². The van der Waals surface area contributed by atoms with Crippen LogP contribution < -0.4 is 10.2 Å². The number of likely N-dealkylation sites (tertiary alicyclic amines) is 1. The molecule has 1 N–H and O–H groups in total. The van der Waals surface area contributed by atoms with Crippen LogP contribution in [0.25, 0.3) is 0 Å². The van der Waals surface area contributed by atoms with Crippen molar-refractivity contribution in [1.29, 1.82) is 0 Å². The van der Waals surface area contributed by atoms with Gasteiger partial charge in [-0.2, -0.15) is 0 Å². The molecule has 1 atom stereocenters. The molecule has 0 spiro atoms. The van der Waals surface area contributed by atoms with Gasteiger partial charge < -0.3 is 15.1 Å². The molecule has 3 rings (SSSR count). The minimum absolute atomic E-state index is 0.658. The van der Waals surface area contributed by atoms with Crippen LogP contribution in [0.5, 0.6) is 0 Å². The van der Waals surface area contributed by atoms with Crippen molar-refractivity contribution in [3.63, 3.8) is 0 Å². The van der Waals surface area contributed by atoms with Crippen LogP contribution in [0.3, 0.4) is 0 Å². The van der Waals surface area contributed by atoms with E-state index in [-0.39, 0.29) is 0 Å². The summed E-state index contributed by atoms with van der Waals surface area (Å²) >= 11 is 0. The van der Waals surface area contributed by atoms with Crippen molar-refractivity contribution in [2.75, 3.05) is 38.1 Å². The number of nitrogens with one attached hydrogen (secondary N) is 1. The molecule has 0 aliphatic carbocycles. The standard InChI is InChI=1S/C18H29N3/c1-20-11-5-6-17(15-20)19-14-16-7-9-18(10-8-16)21-12-3-2-4-13-21/h7-10,17,19H,2-6,11-15H2,1H3. The fourth-order valence-corrected chi connectivity index (χ4v) is 3.57. The van der Waals surface area contributed by atoms with Crippen molar-refractivity contribution < 1.29 is 0 Å². The average Bonchev–Trinajstić information content (AvgIpc) is 2.54. The number of piperidine rings is 2. The quantitative estimate of drug-likeness (QED) is 0.918. The van der Waals surface area contributed by atoms with E-state index in [2.05, 4.69) is 46.4 Å². The lowest BCUT2D eigenvalue weighted by molar-refractivity contribution is 0.226. The first-order valence-electron chi connectivity index (χ1n) is 8.57. The van der Waals surface area contributed by atoms with Crippen LogP contribution >= 0.6 is 0 Å². The van der Waals surface area contributed by atoms with Crippen LogP contribution in [0.4, 0.5) is 5.69 Å². The van der Waals surface area contributed by atoms with E-state index in [9.17, 15) is 0 Å². The fourth-order valence-electron chi connectivity index (χ4n) is 3.57. The SMILES string of the molecule is CN1CCCC(NCc2ccc(N3CCCCC3)cc2)C1. The second kappa shape index (κ2) is 7.28. The van der Waals surface area contributed by atoms with Crippen LogP contribution in [-0.4, -0.2) is 44.2 Å². The monoisotopic (exact) mass is 287 g/mol. The number of hydrogen-bond acceptors (Lipinski definition) is 3. The molecule has 116 valence electrons. The van der Waals surface area contributed by atoms with E-state index >= 15 is 0 Å². The van der Waals surface area contributed by atoms with E-state index in [1.165, 1.54) is 69.5 Å². The second-order valence-electron chi connectivity index (χ2n) is 6.70. The Labute approximate surface area is 129 Å². The highest BCUT2D eigenvalue weighted by atomic mass is 15.1. The van der Waals surface area contributed by atoms with Gasteiger partial charge in [-0.25, -0.2) is 0 Å². The lowest BCUT2D eigenvalue weighted by Crippen LogP contribution is -2.43. The fraction of sp³-hybridized carbons (Fsp3) is 0.667. The molecule has 2 saturated heterocycles. The Kier molecular flexibility index (Phi) is 5.15. The number of rotatable bonds is 4. The molecule has 0 amide bonds. The Morgan fingerprint density at radius 2 is 1.76 bits per heavy atom. The van der Waals surface area contributed by atoms with Crippen LogP contribution in [0.15, 0.2) is 24.3 Å². The van der Waals surface area contributed by atoms with E-state index in [1.807, 2.05) is 0 Å².